The number of hydrogen-bond donors (Lipinski definition) is 4. The molecule has 3 unspecified atom stereocenters. The molecule has 3 N–H and O–H groups in total. The summed E-state index contributed by atoms with van der Waals surface area (Å²) in [4.78, 5) is 11.7. The third-order valence-electron chi connectivity index (χ3n) is 2.56. The first-order valence-corrected chi connectivity index (χ1v) is 6.94. The van der Waals surface area contributed by atoms with Crippen LogP contribution in [0.5, 0.6) is 0 Å². The summed E-state index contributed by atoms with van der Waals surface area (Å²) in [7, 11) is 1.09. The van der Waals surface area contributed by atoms with Crippen molar-refractivity contribution in [3.05, 3.63) is 0 Å². The summed E-state index contributed by atoms with van der Waals surface area (Å²) in [6, 6.07) is 0. The minimum atomic E-state index is -1.15. The Bertz CT molecular complexity index is 252. The molecule has 1 fully saturated rings. The van der Waals surface area contributed by atoms with Gasteiger partial charge in [-0.25, -0.2) is 0 Å². The number of hydrogen-bond acceptors (Lipinski definition) is 7. The standard InChI is InChI=1S/C9H17NO4S2/c1-4(2)6(11)9-8(13)7(12)5(14-9)3-10-16-15/h4-5,7-10,12-13,15H,3H2,1-2H3/t5-,7?,8?,9?/m1/s1. The summed E-state index contributed by atoms with van der Waals surface area (Å²) >= 11 is 3.88. The molecule has 0 spiro atoms. The Balaban J connectivity index is 2.60. The molecule has 0 bridgehead atoms. The molecule has 4 atom stereocenters. The fraction of sp³-hybridized carbons (Fsp3) is 0.889. The van der Waals surface area contributed by atoms with Crippen molar-refractivity contribution < 1.29 is 19.7 Å². The van der Waals surface area contributed by atoms with Crippen molar-refractivity contribution in [1.82, 2.24) is 4.72 Å². The highest BCUT2D eigenvalue weighted by Gasteiger charge is 2.46. The van der Waals surface area contributed by atoms with Crippen LogP contribution >= 0.6 is 22.6 Å². The number of nitrogens with one attached hydrogen (secondary N) is 1. The molecule has 0 aromatic rings. The van der Waals surface area contributed by atoms with Gasteiger partial charge in [0.2, 0.25) is 0 Å². The van der Waals surface area contributed by atoms with E-state index in [0.717, 1.165) is 11.0 Å². The molecular weight excluding hydrogens is 250 g/mol. The number of rotatable bonds is 5. The fourth-order valence-corrected chi connectivity index (χ4v) is 2.06. The number of thiol groups is 1. The van der Waals surface area contributed by atoms with Gasteiger partial charge in [-0.05, 0) is 11.0 Å². The van der Waals surface area contributed by atoms with Crippen LogP contribution in [-0.4, -0.2) is 47.0 Å². The molecular formula is C9H17NO4S2. The van der Waals surface area contributed by atoms with Gasteiger partial charge in [-0.3, -0.25) is 9.52 Å². The summed E-state index contributed by atoms with van der Waals surface area (Å²) in [6.45, 7) is 3.80. The average Bonchev–Trinajstić information content (AvgIpc) is 2.52. The van der Waals surface area contributed by atoms with Crippen molar-refractivity contribution >= 4 is 28.4 Å². The number of aliphatic hydroxyl groups excluding tert-OH is 2. The van der Waals surface area contributed by atoms with Crippen LogP contribution in [0.2, 0.25) is 0 Å². The second-order valence-electron chi connectivity index (χ2n) is 4.07. The second kappa shape index (κ2) is 6.23. The van der Waals surface area contributed by atoms with E-state index >= 15 is 0 Å². The number of ether oxygens (including phenoxy) is 1. The Labute approximate surface area is 104 Å². The first-order valence-electron chi connectivity index (χ1n) is 5.07. The molecule has 0 aliphatic carbocycles. The van der Waals surface area contributed by atoms with E-state index in [0.29, 0.717) is 6.54 Å². The molecule has 1 saturated heterocycles. The Hall–Kier alpha value is 0.210. The minimum Gasteiger partial charge on any atom is -0.388 e. The first kappa shape index (κ1) is 14.3. The number of aliphatic hydroxyl groups is 2. The second-order valence-corrected chi connectivity index (χ2v) is 5.09. The molecule has 0 amide bonds. The van der Waals surface area contributed by atoms with Crippen LogP contribution in [0.3, 0.4) is 0 Å². The summed E-state index contributed by atoms with van der Waals surface area (Å²) < 4.78 is 8.16. The van der Waals surface area contributed by atoms with Crippen LogP contribution < -0.4 is 4.72 Å². The molecule has 7 heteroatoms. The minimum absolute atomic E-state index is 0.187. The molecule has 1 aliphatic heterocycles. The molecule has 0 aromatic carbocycles. The third-order valence-corrected chi connectivity index (χ3v) is 3.24. The lowest BCUT2D eigenvalue weighted by Gasteiger charge is -2.15. The Morgan fingerprint density at radius 2 is 2.12 bits per heavy atom. The normalized spacial score (nSPS) is 34.6. The van der Waals surface area contributed by atoms with Crippen molar-refractivity contribution in [3.8, 4) is 0 Å². The predicted octanol–water partition coefficient (Wildman–Crippen LogP) is -0.217. The molecule has 1 aliphatic rings. The van der Waals surface area contributed by atoms with Crippen molar-refractivity contribution in [2.75, 3.05) is 6.54 Å². The summed E-state index contributed by atoms with van der Waals surface area (Å²) in [5.74, 6) is -0.412. The zero-order chi connectivity index (χ0) is 12.3. The zero-order valence-electron chi connectivity index (χ0n) is 9.16. The van der Waals surface area contributed by atoms with Gasteiger partial charge < -0.3 is 14.9 Å². The van der Waals surface area contributed by atoms with E-state index in [2.05, 4.69) is 16.4 Å². The highest BCUT2D eigenvalue weighted by Crippen LogP contribution is 2.24. The average molecular weight is 267 g/mol. The summed E-state index contributed by atoms with van der Waals surface area (Å²) in [5, 5.41) is 19.4. The zero-order valence-corrected chi connectivity index (χ0v) is 10.9. The van der Waals surface area contributed by atoms with Gasteiger partial charge in [0, 0.05) is 12.5 Å². The molecule has 5 nitrogen and oxygen atoms in total. The number of ketones is 1. The fourth-order valence-electron chi connectivity index (χ4n) is 1.60. The maximum atomic E-state index is 11.7. The molecule has 1 heterocycles. The molecule has 0 radical (unpaired) electrons. The summed E-state index contributed by atoms with van der Waals surface area (Å²) in [5.41, 5.74) is 0. The molecule has 94 valence electrons. The van der Waals surface area contributed by atoms with Crippen LogP contribution in [0.25, 0.3) is 0 Å². The van der Waals surface area contributed by atoms with Crippen molar-refractivity contribution in [1.29, 1.82) is 0 Å². The van der Waals surface area contributed by atoms with Crippen molar-refractivity contribution in [2.45, 2.75) is 38.3 Å². The SMILES string of the molecule is CC(C)C(=O)C1O[C@H](CNSS)C(O)C1O. The third kappa shape index (κ3) is 3.12. The van der Waals surface area contributed by atoms with Gasteiger partial charge in [-0.2, -0.15) is 0 Å². The van der Waals surface area contributed by atoms with Gasteiger partial charge in [0.1, 0.15) is 24.4 Å². The monoisotopic (exact) mass is 267 g/mol. The molecule has 0 aromatic heterocycles. The first-order chi connectivity index (χ1) is 7.49. The number of carbonyl (C=O) groups excluding carboxylic acids is 1. The van der Waals surface area contributed by atoms with Gasteiger partial charge in [-0.1, -0.05) is 25.5 Å². The van der Waals surface area contributed by atoms with E-state index in [1.54, 1.807) is 13.8 Å². The van der Waals surface area contributed by atoms with E-state index in [4.69, 9.17) is 4.74 Å². The lowest BCUT2D eigenvalue weighted by molar-refractivity contribution is -0.136. The Morgan fingerprint density at radius 3 is 2.62 bits per heavy atom. The maximum absolute atomic E-state index is 11.7. The summed E-state index contributed by atoms with van der Waals surface area (Å²) in [6.07, 6.45) is -3.69. The van der Waals surface area contributed by atoms with Gasteiger partial charge in [0.25, 0.3) is 0 Å². The largest absolute Gasteiger partial charge is 0.388 e. The number of Topliss-reactive ketones (excluding diaryl/α,β-unsaturated/α-hetero) is 1. The van der Waals surface area contributed by atoms with E-state index in [1.165, 1.54) is 0 Å². The van der Waals surface area contributed by atoms with E-state index in [1.807, 2.05) is 0 Å². The molecule has 0 saturated carbocycles. The Morgan fingerprint density at radius 1 is 1.50 bits per heavy atom. The van der Waals surface area contributed by atoms with Gasteiger partial charge in [0.05, 0.1) is 0 Å². The lowest BCUT2D eigenvalue weighted by atomic mass is 9.98. The van der Waals surface area contributed by atoms with Crippen LogP contribution in [0, 0.1) is 5.92 Å². The van der Waals surface area contributed by atoms with Crippen LogP contribution in [0.4, 0.5) is 0 Å². The van der Waals surface area contributed by atoms with E-state index in [-0.39, 0.29) is 11.7 Å². The lowest BCUT2D eigenvalue weighted by Crippen LogP contribution is -2.38. The molecule has 16 heavy (non-hydrogen) atoms. The topological polar surface area (TPSA) is 78.8 Å². The highest BCUT2D eigenvalue weighted by molar-refractivity contribution is 8.67. The highest BCUT2D eigenvalue weighted by atomic mass is 33.1. The van der Waals surface area contributed by atoms with Gasteiger partial charge in [-0.15, -0.1) is 0 Å². The van der Waals surface area contributed by atoms with E-state index < -0.39 is 24.4 Å². The van der Waals surface area contributed by atoms with Crippen molar-refractivity contribution in [2.24, 2.45) is 5.92 Å². The van der Waals surface area contributed by atoms with Crippen molar-refractivity contribution in [3.63, 3.8) is 0 Å². The van der Waals surface area contributed by atoms with Crippen LogP contribution in [0.1, 0.15) is 13.8 Å². The van der Waals surface area contributed by atoms with Crippen LogP contribution in [0.15, 0.2) is 0 Å². The quantitative estimate of drug-likeness (QED) is 0.313. The van der Waals surface area contributed by atoms with Gasteiger partial charge >= 0.3 is 0 Å². The predicted molar refractivity (Wildman–Crippen MR) is 65.1 cm³/mol. The van der Waals surface area contributed by atoms with E-state index in [9.17, 15) is 15.0 Å². The Kier molecular flexibility index (Phi) is 5.55. The van der Waals surface area contributed by atoms with Gasteiger partial charge in [0.15, 0.2) is 5.78 Å². The smallest absolute Gasteiger partial charge is 0.166 e. The van der Waals surface area contributed by atoms with Crippen LogP contribution in [-0.2, 0) is 9.53 Å². The maximum Gasteiger partial charge on any atom is 0.166 e. The number of carbonyl (C=O) groups is 1. The molecule has 1 rings (SSSR count).